The van der Waals surface area contributed by atoms with E-state index in [2.05, 4.69) is 0 Å². The first-order valence-electron chi connectivity index (χ1n) is 6.41. The summed E-state index contributed by atoms with van der Waals surface area (Å²) in [7, 11) is 1.42. The molecular weight excluding hydrogens is 249 g/mol. The molecule has 1 aromatic carbocycles. The van der Waals surface area contributed by atoms with Gasteiger partial charge in [-0.25, -0.2) is 4.39 Å². The Bertz CT molecular complexity index is 464. The molecule has 1 unspecified atom stereocenters. The predicted octanol–water partition coefficient (Wildman–Crippen LogP) is 2.27. The van der Waals surface area contributed by atoms with Gasteiger partial charge >= 0.3 is 5.97 Å². The van der Waals surface area contributed by atoms with E-state index >= 15 is 0 Å². The van der Waals surface area contributed by atoms with Crippen LogP contribution in [0.15, 0.2) is 18.2 Å². The third-order valence-electron chi connectivity index (χ3n) is 3.54. The van der Waals surface area contributed by atoms with Crippen LogP contribution in [0.3, 0.4) is 0 Å². The molecule has 4 nitrogen and oxygen atoms in total. The maximum absolute atomic E-state index is 14.1. The van der Waals surface area contributed by atoms with Crippen molar-refractivity contribution in [3.8, 4) is 5.75 Å². The number of benzene rings is 1. The minimum Gasteiger partial charge on any atom is -0.494 e. The van der Waals surface area contributed by atoms with Gasteiger partial charge in [-0.05, 0) is 25.5 Å². The Balaban J connectivity index is 2.17. The first-order valence-corrected chi connectivity index (χ1v) is 6.41. The topological polar surface area (TPSA) is 49.8 Å². The normalized spacial score (nSPS) is 20.2. The number of nitrogens with zero attached hydrogens (tertiary/aromatic N) is 1. The lowest BCUT2D eigenvalue weighted by atomic mass is 10.0. The quantitative estimate of drug-likeness (QED) is 0.909. The number of piperidine rings is 1. The fraction of sp³-hybridized carbons (Fsp3) is 0.500. The molecule has 0 amide bonds. The van der Waals surface area contributed by atoms with Gasteiger partial charge in [0.1, 0.15) is 6.04 Å². The number of ether oxygens (including phenoxy) is 1. The molecule has 1 heterocycles. The van der Waals surface area contributed by atoms with Crippen LogP contribution in [0.4, 0.5) is 4.39 Å². The van der Waals surface area contributed by atoms with Gasteiger partial charge in [0.2, 0.25) is 0 Å². The zero-order valence-electron chi connectivity index (χ0n) is 10.9. The van der Waals surface area contributed by atoms with Crippen LogP contribution in [-0.2, 0) is 11.3 Å². The molecule has 104 valence electrons. The zero-order valence-corrected chi connectivity index (χ0v) is 10.9. The van der Waals surface area contributed by atoms with E-state index in [4.69, 9.17) is 4.74 Å². The van der Waals surface area contributed by atoms with E-state index in [1.807, 2.05) is 4.90 Å². The second-order valence-electron chi connectivity index (χ2n) is 4.75. The van der Waals surface area contributed by atoms with Gasteiger partial charge in [0, 0.05) is 12.1 Å². The number of rotatable bonds is 4. The molecule has 1 aromatic rings. The summed E-state index contributed by atoms with van der Waals surface area (Å²) in [5.41, 5.74) is 0.479. The molecule has 0 bridgehead atoms. The van der Waals surface area contributed by atoms with E-state index in [1.165, 1.54) is 7.11 Å². The number of carboxylic acid groups (broad SMARTS) is 1. The Morgan fingerprint density at radius 2 is 2.32 bits per heavy atom. The molecule has 1 fully saturated rings. The molecule has 1 aliphatic heterocycles. The Hall–Kier alpha value is -1.62. The summed E-state index contributed by atoms with van der Waals surface area (Å²) < 4.78 is 19.0. The van der Waals surface area contributed by atoms with Crippen molar-refractivity contribution in [2.24, 2.45) is 0 Å². The molecule has 5 heteroatoms. The molecule has 0 spiro atoms. The number of hydrogen-bond donors (Lipinski definition) is 1. The van der Waals surface area contributed by atoms with Gasteiger partial charge < -0.3 is 9.84 Å². The van der Waals surface area contributed by atoms with Gasteiger partial charge in [-0.1, -0.05) is 18.6 Å². The van der Waals surface area contributed by atoms with E-state index < -0.39 is 17.8 Å². The third-order valence-corrected chi connectivity index (χ3v) is 3.54. The van der Waals surface area contributed by atoms with Gasteiger partial charge in [0.25, 0.3) is 0 Å². The summed E-state index contributed by atoms with van der Waals surface area (Å²) in [5, 5.41) is 9.20. The van der Waals surface area contributed by atoms with Crippen LogP contribution >= 0.6 is 0 Å². The molecule has 1 atom stereocenters. The summed E-state index contributed by atoms with van der Waals surface area (Å²) in [4.78, 5) is 13.0. The lowest BCUT2D eigenvalue weighted by molar-refractivity contribution is -0.144. The molecule has 1 saturated heterocycles. The van der Waals surface area contributed by atoms with Crippen LogP contribution in [0.1, 0.15) is 24.8 Å². The standard InChI is InChI=1S/C14H18FNO3/c1-19-12-7-4-5-10(13(12)15)9-16-8-3-2-6-11(16)14(17)18/h4-5,7,11H,2-3,6,8-9H2,1H3,(H,17,18). The number of hydrogen-bond acceptors (Lipinski definition) is 3. The summed E-state index contributed by atoms with van der Waals surface area (Å²) in [6.07, 6.45) is 2.49. The van der Waals surface area contributed by atoms with Gasteiger partial charge in [-0.15, -0.1) is 0 Å². The third kappa shape index (κ3) is 3.04. The molecule has 2 rings (SSSR count). The molecular formula is C14H18FNO3. The van der Waals surface area contributed by atoms with Crippen LogP contribution in [0.25, 0.3) is 0 Å². The average molecular weight is 267 g/mol. The summed E-state index contributed by atoms with van der Waals surface area (Å²) in [5.74, 6) is -1.04. The minimum atomic E-state index is -0.831. The Labute approximate surface area is 111 Å². The molecule has 0 aromatic heterocycles. The molecule has 0 radical (unpaired) electrons. The van der Waals surface area contributed by atoms with E-state index in [1.54, 1.807) is 18.2 Å². The van der Waals surface area contributed by atoms with E-state index in [-0.39, 0.29) is 5.75 Å². The second-order valence-corrected chi connectivity index (χ2v) is 4.75. The van der Waals surface area contributed by atoms with Crippen molar-refractivity contribution < 1.29 is 19.0 Å². The highest BCUT2D eigenvalue weighted by Gasteiger charge is 2.29. The van der Waals surface area contributed by atoms with Gasteiger partial charge in [0.05, 0.1) is 7.11 Å². The zero-order chi connectivity index (χ0) is 13.8. The minimum absolute atomic E-state index is 0.196. The Morgan fingerprint density at radius 1 is 1.53 bits per heavy atom. The fourth-order valence-electron chi connectivity index (χ4n) is 2.51. The highest BCUT2D eigenvalue weighted by molar-refractivity contribution is 5.73. The van der Waals surface area contributed by atoms with Gasteiger partial charge in [0.15, 0.2) is 11.6 Å². The highest BCUT2D eigenvalue weighted by atomic mass is 19.1. The second kappa shape index (κ2) is 6.02. The number of carbonyl (C=O) groups is 1. The van der Waals surface area contributed by atoms with Crippen LogP contribution < -0.4 is 4.74 Å². The maximum atomic E-state index is 14.1. The molecule has 0 aliphatic carbocycles. The van der Waals surface area contributed by atoms with Gasteiger partial charge in [-0.2, -0.15) is 0 Å². The molecule has 1 N–H and O–H groups in total. The molecule has 1 aliphatic rings. The first kappa shape index (κ1) is 13.8. The van der Waals surface area contributed by atoms with E-state index in [0.717, 1.165) is 12.8 Å². The highest BCUT2D eigenvalue weighted by Crippen LogP contribution is 2.24. The predicted molar refractivity (Wildman–Crippen MR) is 68.6 cm³/mol. The van der Waals surface area contributed by atoms with Crippen LogP contribution in [0, 0.1) is 5.82 Å². The monoisotopic (exact) mass is 267 g/mol. The number of likely N-dealkylation sites (tertiary alicyclic amines) is 1. The SMILES string of the molecule is COc1cccc(CN2CCCCC2C(=O)O)c1F. The fourth-order valence-corrected chi connectivity index (χ4v) is 2.51. The van der Waals surface area contributed by atoms with Crippen molar-refractivity contribution in [2.45, 2.75) is 31.8 Å². The summed E-state index contributed by atoms with van der Waals surface area (Å²) in [6, 6.07) is 4.44. The van der Waals surface area contributed by atoms with Crippen molar-refractivity contribution in [3.63, 3.8) is 0 Å². The van der Waals surface area contributed by atoms with Crippen molar-refractivity contribution >= 4 is 5.97 Å². The van der Waals surface area contributed by atoms with Crippen LogP contribution in [0.2, 0.25) is 0 Å². The molecule has 19 heavy (non-hydrogen) atoms. The average Bonchev–Trinajstić information content (AvgIpc) is 2.41. The van der Waals surface area contributed by atoms with Crippen molar-refractivity contribution in [1.29, 1.82) is 0 Å². The number of methoxy groups -OCH3 is 1. The van der Waals surface area contributed by atoms with E-state index in [0.29, 0.717) is 25.1 Å². The number of aliphatic carboxylic acids is 1. The van der Waals surface area contributed by atoms with Crippen molar-refractivity contribution in [3.05, 3.63) is 29.6 Å². The molecule has 0 saturated carbocycles. The van der Waals surface area contributed by atoms with E-state index in [9.17, 15) is 14.3 Å². The van der Waals surface area contributed by atoms with Crippen molar-refractivity contribution in [1.82, 2.24) is 4.90 Å². The lowest BCUT2D eigenvalue weighted by Gasteiger charge is -2.32. The van der Waals surface area contributed by atoms with Crippen molar-refractivity contribution in [2.75, 3.05) is 13.7 Å². The lowest BCUT2D eigenvalue weighted by Crippen LogP contribution is -2.44. The largest absolute Gasteiger partial charge is 0.494 e. The Morgan fingerprint density at radius 3 is 3.00 bits per heavy atom. The Kier molecular flexibility index (Phi) is 4.37. The smallest absolute Gasteiger partial charge is 0.320 e. The first-order chi connectivity index (χ1) is 9.13. The number of halogens is 1. The number of carboxylic acids is 1. The summed E-state index contributed by atoms with van der Waals surface area (Å²) >= 11 is 0. The van der Waals surface area contributed by atoms with Gasteiger partial charge in [-0.3, -0.25) is 9.69 Å². The summed E-state index contributed by atoms with van der Waals surface area (Å²) in [6.45, 7) is 0.994. The maximum Gasteiger partial charge on any atom is 0.320 e. The van der Waals surface area contributed by atoms with Crippen LogP contribution in [-0.4, -0.2) is 35.7 Å². The van der Waals surface area contributed by atoms with Crippen LogP contribution in [0.5, 0.6) is 5.75 Å².